The van der Waals surface area contributed by atoms with Crippen LogP contribution in [0.25, 0.3) is 5.57 Å². The van der Waals surface area contributed by atoms with Crippen molar-refractivity contribution in [1.29, 1.82) is 0 Å². The molecule has 0 saturated carbocycles. The van der Waals surface area contributed by atoms with Gasteiger partial charge in [0.25, 0.3) is 5.91 Å². The van der Waals surface area contributed by atoms with Gasteiger partial charge in [-0.25, -0.2) is 10.4 Å². The van der Waals surface area contributed by atoms with Crippen LogP contribution < -0.4 is 15.6 Å². The summed E-state index contributed by atoms with van der Waals surface area (Å²) < 4.78 is 6.83. The summed E-state index contributed by atoms with van der Waals surface area (Å²) in [6.45, 7) is 5.89. The number of benzene rings is 1. The summed E-state index contributed by atoms with van der Waals surface area (Å²) in [5.74, 6) is 1.23. The molecule has 24 heavy (non-hydrogen) atoms. The number of nitrogens with one attached hydrogen (secondary N) is 2. The van der Waals surface area contributed by atoms with Crippen LogP contribution in [0.5, 0.6) is 11.6 Å². The number of ether oxygens (including phenoxy) is 1. The van der Waals surface area contributed by atoms with Crippen LogP contribution in [0.15, 0.2) is 42.1 Å². The Labute approximate surface area is 154 Å². The van der Waals surface area contributed by atoms with Crippen LogP contribution in [-0.2, 0) is 4.79 Å². The third-order valence-electron chi connectivity index (χ3n) is 4.01. The first-order valence-corrected chi connectivity index (χ1v) is 8.71. The fourth-order valence-electron chi connectivity index (χ4n) is 2.78. The van der Waals surface area contributed by atoms with E-state index in [1.807, 2.05) is 51.1 Å². The van der Waals surface area contributed by atoms with E-state index in [9.17, 15) is 4.79 Å². The summed E-state index contributed by atoms with van der Waals surface area (Å²) in [7, 11) is 0. The van der Waals surface area contributed by atoms with Gasteiger partial charge in [-0.2, -0.15) is 0 Å². The predicted octanol–water partition coefficient (Wildman–Crippen LogP) is 3.58. The maximum absolute atomic E-state index is 11.9. The van der Waals surface area contributed by atoms with Gasteiger partial charge in [0.1, 0.15) is 5.75 Å². The van der Waals surface area contributed by atoms with E-state index >= 15 is 0 Å². The molecule has 2 heterocycles. The monoisotopic (exact) mass is 435 g/mol. The number of carbonyl (C=O) groups excluding carboxylic acids is 1. The molecular formula is C18H18IN3O2. The molecule has 0 aliphatic carbocycles. The number of amides is 1. The van der Waals surface area contributed by atoms with E-state index in [0.29, 0.717) is 5.88 Å². The Balaban J connectivity index is 1.95. The van der Waals surface area contributed by atoms with Crippen LogP contribution in [0, 0.1) is 10.5 Å². The number of rotatable bonds is 3. The third-order valence-corrected chi connectivity index (χ3v) is 4.83. The highest BCUT2D eigenvalue weighted by molar-refractivity contribution is 14.1. The highest BCUT2D eigenvalue weighted by Crippen LogP contribution is 2.31. The lowest BCUT2D eigenvalue weighted by molar-refractivity contribution is -0.118. The minimum absolute atomic E-state index is 0.0462. The second-order valence-corrected chi connectivity index (χ2v) is 6.89. The highest BCUT2D eigenvalue weighted by atomic mass is 127. The van der Waals surface area contributed by atoms with E-state index in [-0.39, 0.29) is 11.9 Å². The zero-order valence-electron chi connectivity index (χ0n) is 13.7. The summed E-state index contributed by atoms with van der Waals surface area (Å²) in [6.07, 6.45) is 1.71. The van der Waals surface area contributed by atoms with E-state index in [1.165, 1.54) is 0 Å². The molecule has 1 amide bonds. The molecule has 0 bridgehead atoms. The Kier molecular flexibility index (Phi) is 4.86. The molecule has 6 heteroatoms. The zero-order valence-corrected chi connectivity index (χ0v) is 15.8. The van der Waals surface area contributed by atoms with E-state index in [4.69, 9.17) is 4.74 Å². The number of aryl methyl sites for hydroxylation is 1. The topological polar surface area (TPSA) is 63.2 Å². The maximum Gasteiger partial charge on any atom is 0.261 e. The molecule has 2 aromatic rings. The van der Waals surface area contributed by atoms with Crippen LogP contribution >= 0.6 is 22.6 Å². The smallest absolute Gasteiger partial charge is 0.261 e. The van der Waals surface area contributed by atoms with Crippen molar-refractivity contribution in [2.24, 2.45) is 0 Å². The average molecular weight is 435 g/mol. The Morgan fingerprint density at radius 3 is 2.75 bits per heavy atom. The van der Waals surface area contributed by atoms with Crippen LogP contribution in [0.3, 0.4) is 0 Å². The Morgan fingerprint density at radius 2 is 2.04 bits per heavy atom. The maximum atomic E-state index is 11.9. The number of halogens is 1. The third kappa shape index (κ3) is 3.29. The van der Waals surface area contributed by atoms with E-state index in [2.05, 4.69) is 38.4 Å². The van der Waals surface area contributed by atoms with Gasteiger partial charge in [-0.15, -0.1) is 0 Å². The highest BCUT2D eigenvalue weighted by Gasteiger charge is 2.24. The van der Waals surface area contributed by atoms with Crippen molar-refractivity contribution in [2.75, 3.05) is 0 Å². The first-order chi connectivity index (χ1) is 11.5. The summed E-state index contributed by atoms with van der Waals surface area (Å²) in [5.41, 5.74) is 9.51. The minimum Gasteiger partial charge on any atom is -0.438 e. The Bertz CT molecular complexity index is 833. The van der Waals surface area contributed by atoms with Crippen LogP contribution in [0.2, 0.25) is 0 Å². The molecule has 1 aliphatic heterocycles. The van der Waals surface area contributed by atoms with Gasteiger partial charge in [0, 0.05) is 17.8 Å². The number of pyridine rings is 1. The molecular weight excluding hydrogens is 417 g/mol. The average Bonchev–Trinajstić information content (AvgIpc) is 2.55. The summed E-state index contributed by atoms with van der Waals surface area (Å²) in [4.78, 5) is 16.2. The van der Waals surface area contributed by atoms with Gasteiger partial charge in [0.2, 0.25) is 5.88 Å². The van der Waals surface area contributed by atoms with Gasteiger partial charge in [-0.1, -0.05) is 6.07 Å². The first-order valence-electron chi connectivity index (χ1n) is 7.63. The number of hydrazine groups is 1. The second-order valence-electron chi connectivity index (χ2n) is 5.73. The minimum atomic E-state index is -0.0918. The van der Waals surface area contributed by atoms with E-state index < -0.39 is 0 Å². The summed E-state index contributed by atoms with van der Waals surface area (Å²) in [5, 5.41) is 0. The number of hydrogen-bond acceptors (Lipinski definition) is 4. The molecule has 1 aromatic heterocycles. The first kappa shape index (κ1) is 16.9. The lowest BCUT2D eigenvalue weighted by atomic mass is 9.90. The molecule has 1 atom stereocenters. The lowest BCUT2D eigenvalue weighted by Crippen LogP contribution is -2.48. The molecule has 1 aromatic carbocycles. The van der Waals surface area contributed by atoms with Gasteiger partial charge >= 0.3 is 0 Å². The van der Waals surface area contributed by atoms with Gasteiger partial charge in [-0.05, 0) is 84.3 Å². The molecule has 124 valence electrons. The Morgan fingerprint density at radius 1 is 1.25 bits per heavy atom. The van der Waals surface area contributed by atoms with Crippen LogP contribution in [-0.4, -0.2) is 16.9 Å². The predicted molar refractivity (Wildman–Crippen MR) is 102 cm³/mol. The quantitative estimate of drug-likeness (QED) is 0.724. The molecule has 0 saturated heterocycles. The standard InChI is InChI=1S/C18H18IN3O2/c1-10-9-13(24-18-15(19)5-4-8-20-18)6-7-14(10)16-11(2)17(23)22-21-12(16)3/h4-9,12,21H,1-3H3,(H,22,23). The number of aromatic nitrogens is 1. The SMILES string of the molecule is CC1=C(c2ccc(Oc3ncccc3I)cc2C)C(C)NNC1=O. The molecule has 2 N–H and O–H groups in total. The van der Waals surface area contributed by atoms with Gasteiger partial charge in [0.15, 0.2) is 0 Å². The van der Waals surface area contributed by atoms with E-state index in [1.54, 1.807) is 6.20 Å². The lowest BCUT2D eigenvalue weighted by Gasteiger charge is -2.27. The van der Waals surface area contributed by atoms with Crippen molar-refractivity contribution in [3.05, 3.63) is 56.8 Å². The van der Waals surface area contributed by atoms with Crippen molar-refractivity contribution >= 4 is 34.1 Å². The van der Waals surface area contributed by atoms with Crippen LogP contribution in [0.4, 0.5) is 0 Å². The number of hydrogen-bond donors (Lipinski definition) is 2. The van der Waals surface area contributed by atoms with Crippen LogP contribution in [0.1, 0.15) is 25.0 Å². The summed E-state index contributed by atoms with van der Waals surface area (Å²) in [6, 6.07) is 9.75. The van der Waals surface area contributed by atoms with Gasteiger partial charge in [-0.3, -0.25) is 10.2 Å². The Hall–Kier alpha value is -1.93. The van der Waals surface area contributed by atoms with Gasteiger partial charge in [0.05, 0.1) is 3.57 Å². The number of nitrogens with zero attached hydrogens (tertiary/aromatic N) is 1. The summed E-state index contributed by atoms with van der Waals surface area (Å²) >= 11 is 2.20. The zero-order chi connectivity index (χ0) is 17.3. The molecule has 5 nitrogen and oxygen atoms in total. The molecule has 1 aliphatic rings. The molecule has 1 unspecified atom stereocenters. The fraction of sp³-hybridized carbons (Fsp3) is 0.222. The largest absolute Gasteiger partial charge is 0.438 e. The van der Waals surface area contributed by atoms with Crippen molar-refractivity contribution in [3.63, 3.8) is 0 Å². The van der Waals surface area contributed by atoms with E-state index in [0.717, 1.165) is 31.6 Å². The molecule has 0 spiro atoms. The van der Waals surface area contributed by atoms with Crippen molar-refractivity contribution in [3.8, 4) is 11.6 Å². The van der Waals surface area contributed by atoms with Crippen molar-refractivity contribution in [2.45, 2.75) is 26.8 Å². The fourth-order valence-corrected chi connectivity index (χ4v) is 3.24. The molecule has 3 rings (SSSR count). The molecule has 0 radical (unpaired) electrons. The number of carbonyl (C=O) groups is 1. The van der Waals surface area contributed by atoms with Crippen molar-refractivity contribution < 1.29 is 9.53 Å². The second kappa shape index (κ2) is 6.90. The molecule has 0 fully saturated rings. The normalized spacial score (nSPS) is 17.7. The van der Waals surface area contributed by atoms with Gasteiger partial charge < -0.3 is 4.74 Å². The van der Waals surface area contributed by atoms with Crippen molar-refractivity contribution in [1.82, 2.24) is 15.8 Å².